The Kier molecular flexibility index (Phi) is 7.81. The Morgan fingerprint density at radius 3 is 2.50 bits per heavy atom. The highest BCUT2D eigenvalue weighted by atomic mass is 33.1. The first-order valence-electron chi connectivity index (χ1n) is 10.4. The van der Waals surface area contributed by atoms with E-state index in [1.165, 1.54) is 12.2 Å². The molecule has 3 fully saturated rings. The number of fused-ring (bicyclic) bond motifs is 1. The molecule has 164 valence electrons. The van der Waals surface area contributed by atoms with E-state index in [0.717, 1.165) is 18.4 Å². The number of amides is 1. The molecule has 7 nitrogen and oxygen atoms in total. The molecule has 9 heteroatoms. The average molecular weight is 454 g/mol. The summed E-state index contributed by atoms with van der Waals surface area (Å²) in [5.74, 6) is 0.987. The fourth-order valence-electron chi connectivity index (χ4n) is 3.85. The summed E-state index contributed by atoms with van der Waals surface area (Å²) in [6.07, 6.45) is 1.26. The largest absolute Gasteiger partial charge is 0.457 e. The highest BCUT2D eigenvalue weighted by Crippen LogP contribution is 2.40. The summed E-state index contributed by atoms with van der Waals surface area (Å²) in [6, 6.07) is 9.61. The topological polar surface area (TPSA) is 83.1 Å². The van der Waals surface area contributed by atoms with Crippen molar-refractivity contribution in [2.75, 3.05) is 19.0 Å². The molecule has 0 saturated carbocycles. The molecule has 3 heterocycles. The zero-order valence-corrected chi connectivity index (χ0v) is 18.3. The second kappa shape index (κ2) is 10.7. The zero-order chi connectivity index (χ0) is 20.8. The van der Waals surface area contributed by atoms with Gasteiger partial charge in [0.2, 0.25) is 0 Å². The molecule has 4 rings (SSSR count). The van der Waals surface area contributed by atoms with Crippen LogP contribution in [0.1, 0.15) is 31.2 Å². The van der Waals surface area contributed by atoms with E-state index < -0.39 is 24.4 Å². The normalized spacial score (nSPS) is 30.1. The van der Waals surface area contributed by atoms with Crippen molar-refractivity contribution in [1.82, 2.24) is 5.32 Å². The molecule has 3 aliphatic rings. The minimum absolute atomic E-state index is 0.214. The molecule has 3 saturated heterocycles. The number of carbonyl (C=O) groups excluding carboxylic acids is 2. The van der Waals surface area contributed by atoms with Crippen molar-refractivity contribution in [2.24, 2.45) is 0 Å². The van der Waals surface area contributed by atoms with Gasteiger partial charge in [-0.15, -0.1) is 0 Å². The lowest BCUT2D eigenvalue weighted by atomic mass is 10.1. The fraction of sp³-hybridized carbons (Fsp3) is 0.619. The van der Waals surface area contributed by atoms with Gasteiger partial charge >= 0.3 is 12.1 Å². The second-order valence-corrected chi connectivity index (χ2v) is 10.4. The van der Waals surface area contributed by atoms with Crippen LogP contribution in [0, 0.1) is 0 Å². The first-order chi connectivity index (χ1) is 14.7. The van der Waals surface area contributed by atoms with Gasteiger partial charge in [0.1, 0.15) is 12.2 Å². The summed E-state index contributed by atoms with van der Waals surface area (Å²) in [5.41, 5.74) is 0.990. The highest BCUT2D eigenvalue weighted by molar-refractivity contribution is 8.77. The monoisotopic (exact) mass is 453 g/mol. The Balaban J connectivity index is 1.16. The van der Waals surface area contributed by atoms with E-state index in [4.69, 9.17) is 18.9 Å². The van der Waals surface area contributed by atoms with E-state index in [1.807, 2.05) is 51.9 Å². The molecule has 0 bridgehead atoms. The van der Waals surface area contributed by atoms with Crippen LogP contribution in [0.3, 0.4) is 0 Å². The molecule has 0 radical (unpaired) electrons. The van der Waals surface area contributed by atoms with Gasteiger partial charge in [-0.05, 0) is 24.8 Å². The number of benzene rings is 1. The fourth-order valence-corrected chi connectivity index (χ4v) is 6.87. The van der Waals surface area contributed by atoms with E-state index in [0.29, 0.717) is 18.2 Å². The molecule has 1 amide bonds. The first kappa shape index (κ1) is 21.8. The molecule has 0 aliphatic carbocycles. The van der Waals surface area contributed by atoms with Crippen molar-refractivity contribution in [2.45, 2.75) is 61.9 Å². The van der Waals surface area contributed by atoms with E-state index in [1.54, 1.807) is 0 Å². The minimum atomic E-state index is -0.514. The third kappa shape index (κ3) is 5.84. The van der Waals surface area contributed by atoms with Crippen LogP contribution >= 0.6 is 21.6 Å². The lowest BCUT2D eigenvalue weighted by Crippen LogP contribution is -2.38. The maximum absolute atomic E-state index is 12.2. The second-order valence-electron chi connectivity index (χ2n) is 7.63. The number of hydrogen-bond donors (Lipinski definition) is 1. The summed E-state index contributed by atoms with van der Waals surface area (Å²) in [4.78, 5) is 24.3. The van der Waals surface area contributed by atoms with Crippen molar-refractivity contribution in [3.05, 3.63) is 35.9 Å². The Hall–Kier alpha value is -1.42. The van der Waals surface area contributed by atoms with E-state index in [9.17, 15) is 9.59 Å². The van der Waals surface area contributed by atoms with Gasteiger partial charge in [-0.25, -0.2) is 4.79 Å². The number of nitrogens with one attached hydrogen (secondary N) is 1. The average Bonchev–Trinajstić information content (AvgIpc) is 3.48. The Labute approximate surface area is 184 Å². The van der Waals surface area contributed by atoms with Crippen LogP contribution in [0.4, 0.5) is 4.79 Å². The molecule has 5 atom stereocenters. The summed E-state index contributed by atoms with van der Waals surface area (Å²) >= 11 is 0. The number of rotatable bonds is 8. The van der Waals surface area contributed by atoms with Gasteiger partial charge in [0.25, 0.3) is 0 Å². The SMILES string of the molecule is O=C(CCCC1CCSS1)O[C@@H]1CO[C@H]2[C@@H]1OC[C@@H]2OC(=O)NCc1ccccc1. The highest BCUT2D eigenvalue weighted by Gasteiger charge is 2.51. The Bertz CT molecular complexity index is 715. The maximum atomic E-state index is 12.2. The van der Waals surface area contributed by atoms with Crippen LogP contribution in [0.2, 0.25) is 0 Å². The number of alkyl carbamates (subject to hydrolysis) is 1. The Morgan fingerprint density at radius 2 is 1.80 bits per heavy atom. The van der Waals surface area contributed by atoms with E-state index in [2.05, 4.69) is 5.32 Å². The van der Waals surface area contributed by atoms with E-state index >= 15 is 0 Å². The maximum Gasteiger partial charge on any atom is 0.407 e. The van der Waals surface area contributed by atoms with Crippen molar-refractivity contribution in [3.8, 4) is 0 Å². The molecule has 1 aromatic carbocycles. The molecule has 0 aromatic heterocycles. The first-order valence-corrected chi connectivity index (χ1v) is 12.8. The van der Waals surface area contributed by atoms with Crippen molar-refractivity contribution in [1.29, 1.82) is 0 Å². The molecular weight excluding hydrogens is 426 g/mol. The predicted molar refractivity (Wildman–Crippen MR) is 115 cm³/mol. The number of carbonyl (C=O) groups is 2. The zero-order valence-electron chi connectivity index (χ0n) is 16.7. The lowest BCUT2D eigenvalue weighted by molar-refractivity contribution is -0.153. The quantitative estimate of drug-likeness (QED) is 0.474. The van der Waals surface area contributed by atoms with Gasteiger partial charge in [-0.3, -0.25) is 4.79 Å². The Morgan fingerprint density at radius 1 is 1.07 bits per heavy atom. The van der Waals surface area contributed by atoms with Crippen molar-refractivity contribution < 1.29 is 28.5 Å². The summed E-state index contributed by atoms with van der Waals surface area (Å²) in [5, 5.41) is 3.39. The molecule has 1 N–H and O–H groups in total. The molecule has 1 unspecified atom stereocenters. The third-order valence-electron chi connectivity index (χ3n) is 5.42. The molecule has 3 aliphatic heterocycles. The van der Waals surface area contributed by atoms with Crippen LogP contribution in [0.25, 0.3) is 0 Å². The van der Waals surface area contributed by atoms with Gasteiger partial charge in [0, 0.05) is 24.0 Å². The van der Waals surface area contributed by atoms with Crippen LogP contribution in [0.15, 0.2) is 30.3 Å². The number of ether oxygens (including phenoxy) is 4. The standard InChI is InChI=1S/C21H27NO6S2/c23-18(8-4-7-15-9-10-29-30-15)27-16-12-25-20-17(13-26-19(16)20)28-21(24)22-11-14-5-2-1-3-6-14/h1-3,5-6,15-17,19-20H,4,7-13H2,(H,22,24)/t15?,16-,17+,19-,20-/m1/s1. The predicted octanol–water partition coefficient (Wildman–Crippen LogP) is 3.31. The molecule has 0 spiro atoms. The molecule has 30 heavy (non-hydrogen) atoms. The van der Waals surface area contributed by atoms with Gasteiger partial charge in [0.15, 0.2) is 12.2 Å². The minimum Gasteiger partial charge on any atom is -0.457 e. The number of esters is 1. The van der Waals surface area contributed by atoms with Crippen LogP contribution in [-0.2, 0) is 30.3 Å². The smallest absolute Gasteiger partial charge is 0.407 e. The van der Waals surface area contributed by atoms with Crippen LogP contribution in [-0.4, -0.2) is 60.7 Å². The van der Waals surface area contributed by atoms with Gasteiger partial charge in [-0.2, -0.15) is 0 Å². The van der Waals surface area contributed by atoms with Crippen LogP contribution in [0.5, 0.6) is 0 Å². The molecule has 1 aromatic rings. The lowest BCUT2D eigenvalue weighted by Gasteiger charge is -2.17. The third-order valence-corrected chi connectivity index (χ3v) is 8.42. The summed E-state index contributed by atoms with van der Waals surface area (Å²) < 4.78 is 22.5. The van der Waals surface area contributed by atoms with Crippen LogP contribution < -0.4 is 5.32 Å². The summed E-state index contributed by atoms with van der Waals surface area (Å²) in [7, 11) is 3.84. The van der Waals surface area contributed by atoms with Gasteiger partial charge in [0.05, 0.1) is 13.2 Å². The van der Waals surface area contributed by atoms with Crippen molar-refractivity contribution in [3.63, 3.8) is 0 Å². The van der Waals surface area contributed by atoms with Gasteiger partial charge < -0.3 is 24.3 Å². The van der Waals surface area contributed by atoms with Gasteiger partial charge in [-0.1, -0.05) is 51.9 Å². The number of hydrogen-bond acceptors (Lipinski definition) is 8. The molecular formula is C21H27NO6S2. The van der Waals surface area contributed by atoms with Crippen molar-refractivity contribution >= 4 is 33.7 Å². The van der Waals surface area contributed by atoms with E-state index in [-0.39, 0.29) is 25.3 Å². The summed E-state index contributed by atoms with van der Waals surface area (Å²) in [6.45, 7) is 0.890.